The number of hydrogen-bond donors (Lipinski definition) is 0. The summed E-state index contributed by atoms with van der Waals surface area (Å²) in [6.07, 6.45) is 1.36. The number of ketones is 1. The molecule has 1 aromatic heterocycles. The molecule has 6 nitrogen and oxygen atoms in total. The van der Waals surface area contributed by atoms with Crippen molar-refractivity contribution in [3.8, 4) is 0 Å². The van der Waals surface area contributed by atoms with Crippen LogP contribution in [0.1, 0.15) is 11.1 Å². The topological polar surface area (TPSA) is 78.0 Å². The fourth-order valence-electron chi connectivity index (χ4n) is 1.86. The molecule has 0 spiro atoms. The highest BCUT2D eigenvalue weighted by Gasteiger charge is 2.18. The van der Waals surface area contributed by atoms with E-state index in [2.05, 4.69) is 5.10 Å². The minimum atomic E-state index is -0.604. The molecular formula is C13H12FN3O3. The number of nitrogens with zero attached hydrogens (tertiary/aromatic N) is 3. The molecule has 1 aromatic carbocycles. The monoisotopic (exact) mass is 277 g/mol. The van der Waals surface area contributed by atoms with Gasteiger partial charge in [-0.25, -0.2) is 4.39 Å². The molecule has 0 atom stereocenters. The van der Waals surface area contributed by atoms with E-state index in [-0.39, 0.29) is 24.6 Å². The average molecular weight is 277 g/mol. The van der Waals surface area contributed by atoms with Gasteiger partial charge in [-0.05, 0) is 23.5 Å². The Hall–Kier alpha value is -2.57. The van der Waals surface area contributed by atoms with E-state index in [0.29, 0.717) is 11.1 Å². The highest BCUT2D eigenvalue weighted by molar-refractivity contribution is 5.80. The van der Waals surface area contributed by atoms with Crippen molar-refractivity contribution in [2.45, 2.75) is 19.9 Å². The molecule has 7 heteroatoms. The molecule has 20 heavy (non-hydrogen) atoms. The van der Waals surface area contributed by atoms with Gasteiger partial charge in [0.2, 0.25) is 0 Å². The molecule has 0 radical (unpaired) electrons. The molecule has 0 saturated carbocycles. The minimum Gasteiger partial charge on any atom is -0.358 e. The summed E-state index contributed by atoms with van der Waals surface area (Å²) in [6.45, 7) is 1.42. The number of carbonyl (C=O) groups is 1. The van der Waals surface area contributed by atoms with Crippen LogP contribution < -0.4 is 0 Å². The van der Waals surface area contributed by atoms with Gasteiger partial charge >= 0.3 is 5.82 Å². The van der Waals surface area contributed by atoms with Crippen LogP contribution in [-0.4, -0.2) is 20.5 Å². The van der Waals surface area contributed by atoms with Crippen molar-refractivity contribution in [1.82, 2.24) is 9.78 Å². The summed E-state index contributed by atoms with van der Waals surface area (Å²) in [4.78, 5) is 21.9. The number of hydrogen-bond acceptors (Lipinski definition) is 4. The van der Waals surface area contributed by atoms with Crippen LogP contribution in [0, 0.1) is 22.9 Å². The first kappa shape index (κ1) is 13.9. The number of halogens is 1. The third kappa shape index (κ3) is 3.05. The number of aromatic nitrogens is 2. The number of Topliss-reactive ketones (excluding diaryl/α,β-unsaturated/α-hetero) is 1. The molecular weight excluding hydrogens is 265 g/mol. The van der Waals surface area contributed by atoms with Gasteiger partial charge in [0, 0.05) is 6.42 Å². The summed E-state index contributed by atoms with van der Waals surface area (Å²) in [7, 11) is 0. The Balaban J connectivity index is 2.07. The van der Waals surface area contributed by atoms with Crippen LogP contribution in [0.25, 0.3) is 0 Å². The highest BCUT2D eigenvalue weighted by Crippen LogP contribution is 2.14. The van der Waals surface area contributed by atoms with Gasteiger partial charge in [-0.15, -0.1) is 0 Å². The SMILES string of the molecule is Cc1cn(CC(=O)Cc2ccccc2F)nc1[N+](=O)[O-]. The lowest BCUT2D eigenvalue weighted by molar-refractivity contribution is -0.390. The molecule has 0 unspecified atom stereocenters. The van der Waals surface area contributed by atoms with E-state index in [1.165, 1.54) is 23.0 Å². The van der Waals surface area contributed by atoms with Crippen molar-refractivity contribution in [2.75, 3.05) is 0 Å². The zero-order chi connectivity index (χ0) is 14.7. The lowest BCUT2D eigenvalue weighted by Gasteiger charge is -2.01. The van der Waals surface area contributed by atoms with Gasteiger partial charge < -0.3 is 10.1 Å². The molecule has 2 aromatic rings. The number of nitro groups is 1. The second kappa shape index (κ2) is 5.60. The molecule has 0 saturated heterocycles. The van der Waals surface area contributed by atoms with Gasteiger partial charge in [-0.2, -0.15) is 4.68 Å². The van der Waals surface area contributed by atoms with E-state index in [4.69, 9.17) is 0 Å². The number of benzene rings is 1. The quantitative estimate of drug-likeness (QED) is 0.619. The molecule has 104 valence electrons. The second-order valence-electron chi connectivity index (χ2n) is 4.40. The predicted octanol–water partition coefficient (Wildman–Crippen LogP) is 2.05. The van der Waals surface area contributed by atoms with Crippen LogP contribution in [0.5, 0.6) is 0 Å². The zero-order valence-corrected chi connectivity index (χ0v) is 10.7. The fourth-order valence-corrected chi connectivity index (χ4v) is 1.86. The summed E-state index contributed by atoms with van der Waals surface area (Å²) in [5.41, 5.74) is 0.685. The summed E-state index contributed by atoms with van der Waals surface area (Å²) < 4.78 is 14.6. The molecule has 0 bridgehead atoms. The summed E-state index contributed by atoms with van der Waals surface area (Å²) >= 11 is 0. The van der Waals surface area contributed by atoms with Crippen LogP contribution in [0.4, 0.5) is 10.2 Å². The Morgan fingerprint density at radius 3 is 2.75 bits per heavy atom. The van der Waals surface area contributed by atoms with Gasteiger partial charge in [0.25, 0.3) is 0 Å². The molecule has 0 N–H and O–H groups in total. The van der Waals surface area contributed by atoms with Crippen molar-refractivity contribution < 1.29 is 14.1 Å². The van der Waals surface area contributed by atoms with Crippen molar-refractivity contribution in [2.24, 2.45) is 0 Å². The Morgan fingerprint density at radius 1 is 1.45 bits per heavy atom. The van der Waals surface area contributed by atoms with E-state index in [0.717, 1.165) is 0 Å². The Labute approximate surface area is 114 Å². The number of rotatable bonds is 5. The van der Waals surface area contributed by atoms with E-state index in [9.17, 15) is 19.3 Å². The van der Waals surface area contributed by atoms with E-state index < -0.39 is 10.7 Å². The third-order valence-electron chi connectivity index (χ3n) is 2.78. The molecule has 0 aliphatic rings. The number of aryl methyl sites for hydroxylation is 1. The van der Waals surface area contributed by atoms with Crippen molar-refractivity contribution in [3.05, 3.63) is 57.5 Å². The lowest BCUT2D eigenvalue weighted by Crippen LogP contribution is -2.14. The maximum Gasteiger partial charge on any atom is 0.392 e. The highest BCUT2D eigenvalue weighted by atomic mass is 19.1. The minimum absolute atomic E-state index is 0.0701. The molecule has 2 rings (SSSR count). The van der Waals surface area contributed by atoms with E-state index in [1.807, 2.05) is 0 Å². The number of carbonyl (C=O) groups excluding carboxylic acids is 1. The zero-order valence-electron chi connectivity index (χ0n) is 10.7. The summed E-state index contributed by atoms with van der Waals surface area (Å²) in [5.74, 6) is -0.986. The first-order valence-electron chi connectivity index (χ1n) is 5.91. The largest absolute Gasteiger partial charge is 0.392 e. The van der Waals surface area contributed by atoms with Gasteiger partial charge in [0.05, 0.1) is 16.9 Å². The van der Waals surface area contributed by atoms with Crippen molar-refractivity contribution in [3.63, 3.8) is 0 Å². The van der Waals surface area contributed by atoms with E-state index >= 15 is 0 Å². The third-order valence-corrected chi connectivity index (χ3v) is 2.78. The van der Waals surface area contributed by atoms with E-state index in [1.54, 1.807) is 19.1 Å². The van der Waals surface area contributed by atoms with Gasteiger partial charge in [-0.1, -0.05) is 18.2 Å². The Bertz CT molecular complexity index is 667. The van der Waals surface area contributed by atoms with Crippen LogP contribution in [0.3, 0.4) is 0 Å². The Morgan fingerprint density at radius 2 is 2.15 bits per heavy atom. The summed E-state index contributed by atoms with van der Waals surface area (Å²) in [5, 5.41) is 14.4. The first-order chi connectivity index (χ1) is 9.47. The van der Waals surface area contributed by atoms with Crippen LogP contribution in [0.2, 0.25) is 0 Å². The smallest absolute Gasteiger partial charge is 0.358 e. The van der Waals surface area contributed by atoms with Crippen LogP contribution in [0.15, 0.2) is 30.5 Å². The first-order valence-corrected chi connectivity index (χ1v) is 5.91. The lowest BCUT2D eigenvalue weighted by atomic mass is 10.1. The predicted molar refractivity (Wildman–Crippen MR) is 68.7 cm³/mol. The van der Waals surface area contributed by atoms with Gasteiger partial charge in [-0.3, -0.25) is 4.79 Å². The molecule has 0 fully saturated rings. The maximum absolute atomic E-state index is 13.4. The van der Waals surface area contributed by atoms with Crippen LogP contribution in [-0.2, 0) is 17.8 Å². The maximum atomic E-state index is 13.4. The van der Waals surface area contributed by atoms with Crippen LogP contribution >= 0.6 is 0 Å². The molecule has 0 aliphatic heterocycles. The molecule has 0 aliphatic carbocycles. The average Bonchev–Trinajstić information content (AvgIpc) is 2.73. The van der Waals surface area contributed by atoms with Gasteiger partial charge in [0.1, 0.15) is 12.4 Å². The molecule has 0 amide bonds. The van der Waals surface area contributed by atoms with Crippen molar-refractivity contribution >= 4 is 11.6 Å². The molecule has 1 heterocycles. The summed E-state index contributed by atoms with van der Waals surface area (Å²) in [6, 6.07) is 6.01. The normalized spacial score (nSPS) is 10.5. The fraction of sp³-hybridized carbons (Fsp3) is 0.231. The van der Waals surface area contributed by atoms with Crippen molar-refractivity contribution in [1.29, 1.82) is 0 Å². The second-order valence-corrected chi connectivity index (χ2v) is 4.40. The van der Waals surface area contributed by atoms with Gasteiger partial charge in [0.15, 0.2) is 5.78 Å². The standard InChI is InChI=1S/C13H12FN3O3/c1-9-7-16(15-13(9)17(19)20)8-11(18)6-10-4-2-3-5-12(10)14/h2-5,7H,6,8H2,1H3. The Kier molecular flexibility index (Phi) is 3.88.